The van der Waals surface area contributed by atoms with Gasteiger partial charge in [0.1, 0.15) is 0 Å². The van der Waals surface area contributed by atoms with Gasteiger partial charge in [-0.2, -0.15) is 8.42 Å². The van der Waals surface area contributed by atoms with Gasteiger partial charge in [0, 0.05) is 0 Å². The maximum absolute atomic E-state index is 10.6. The summed E-state index contributed by atoms with van der Waals surface area (Å²) in [6.07, 6.45) is 0. The molecule has 0 aliphatic carbocycles. The molecular weight excluding hydrogens is 202 g/mol. The number of carbonyl (C=O) groups excluding carboxylic acids is 1. The highest BCUT2D eigenvalue weighted by molar-refractivity contribution is 8.01. The van der Waals surface area contributed by atoms with Crippen molar-refractivity contribution in [2.75, 3.05) is 5.32 Å². The Hall–Kier alpha value is -0.920. The maximum Gasteiger partial charge on any atom is 0.368 e. The minimum atomic E-state index is -4.62. The van der Waals surface area contributed by atoms with Gasteiger partial charge in [0.25, 0.3) is 0 Å². The van der Waals surface area contributed by atoms with Crippen LogP contribution in [0.25, 0.3) is 0 Å². The highest BCUT2D eigenvalue weighted by Crippen LogP contribution is 2.15. The maximum atomic E-state index is 10.6. The summed E-state index contributed by atoms with van der Waals surface area (Å²) in [7, 11) is -4.62. The zero-order valence-electron chi connectivity index (χ0n) is 5.72. The lowest BCUT2D eigenvalue weighted by Gasteiger charge is -1.96. The number of thiophene rings is 1. The first-order chi connectivity index (χ1) is 5.50. The monoisotopic (exact) mass is 207 g/mol. The molecule has 66 valence electrons. The van der Waals surface area contributed by atoms with Gasteiger partial charge in [0.05, 0.1) is 5.00 Å². The Kier molecular flexibility index (Phi) is 2.46. The van der Waals surface area contributed by atoms with E-state index >= 15 is 0 Å². The smallest absolute Gasteiger partial charge is 0.302 e. The van der Waals surface area contributed by atoms with Crippen molar-refractivity contribution in [2.45, 2.75) is 0 Å². The van der Waals surface area contributed by atoms with Crippen molar-refractivity contribution < 1.29 is 17.8 Å². The van der Waals surface area contributed by atoms with Crippen LogP contribution in [-0.4, -0.2) is 18.2 Å². The third kappa shape index (κ3) is 2.29. The second kappa shape index (κ2) is 3.21. The number of hydrogen-bond acceptors (Lipinski definition) is 4. The second-order valence-electron chi connectivity index (χ2n) is 1.86. The largest absolute Gasteiger partial charge is 0.368 e. The molecule has 5 nitrogen and oxygen atoms in total. The topological polar surface area (TPSA) is 83.5 Å². The van der Waals surface area contributed by atoms with Gasteiger partial charge in [-0.1, -0.05) is 0 Å². The highest BCUT2D eigenvalue weighted by atomic mass is 32.2. The summed E-state index contributed by atoms with van der Waals surface area (Å²) < 4.78 is 28.7. The molecule has 0 aliphatic rings. The molecule has 0 saturated carbocycles. The van der Waals surface area contributed by atoms with E-state index in [0.29, 0.717) is 5.00 Å². The molecule has 0 radical (unpaired) electrons. The van der Waals surface area contributed by atoms with E-state index < -0.39 is 15.4 Å². The SMILES string of the molecule is O=C(Nc1cccs1)S(=O)(=O)O. The third-order valence-electron chi connectivity index (χ3n) is 0.981. The van der Waals surface area contributed by atoms with Gasteiger partial charge < -0.3 is 5.32 Å². The Morgan fingerprint density at radius 3 is 2.67 bits per heavy atom. The van der Waals surface area contributed by atoms with E-state index in [9.17, 15) is 13.2 Å². The molecule has 0 unspecified atom stereocenters. The number of rotatable bonds is 1. The fourth-order valence-corrected chi connectivity index (χ4v) is 1.43. The summed E-state index contributed by atoms with van der Waals surface area (Å²) in [5, 5.41) is 2.63. The van der Waals surface area contributed by atoms with Crippen molar-refractivity contribution in [3.05, 3.63) is 17.5 Å². The molecule has 0 aromatic carbocycles. The van der Waals surface area contributed by atoms with E-state index in [1.807, 2.05) is 5.32 Å². The van der Waals surface area contributed by atoms with E-state index in [0.717, 1.165) is 11.3 Å². The lowest BCUT2D eigenvalue weighted by molar-refractivity contribution is 0.265. The Morgan fingerprint density at radius 2 is 2.25 bits per heavy atom. The van der Waals surface area contributed by atoms with Crippen LogP contribution in [0.2, 0.25) is 0 Å². The van der Waals surface area contributed by atoms with Crippen LogP contribution in [0.1, 0.15) is 0 Å². The van der Waals surface area contributed by atoms with Crippen LogP contribution in [0.5, 0.6) is 0 Å². The number of anilines is 1. The minimum Gasteiger partial charge on any atom is -0.302 e. The van der Waals surface area contributed by atoms with Crippen molar-refractivity contribution >= 4 is 31.7 Å². The van der Waals surface area contributed by atoms with Gasteiger partial charge in [0.2, 0.25) is 0 Å². The predicted molar refractivity (Wildman–Crippen MR) is 44.9 cm³/mol. The predicted octanol–water partition coefficient (Wildman–Crippen LogP) is 1.17. The molecular formula is C5H5NO4S2. The van der Waals surface area contributed by atoms with Crippen LogP contribution in [-0.2, 0) is 10.1 Å². The van der Waals surface area contributed by atoms with E-state index in [1.54, 1.807) is 11.4 Å². The lowest BCUT2D eigenvalue weighted by atomic mass is 10.6. The lowest BCUT2D eigenvalue weighted by Crippen LogP contribution is -2.19. The van der Waals surface area contributed by atoms with Gasteiger partial charge in [-0.3, -0.25) is 9.35 Å². The average Bonchev–Trinajstić information content (AvgIpc) is 2.37. The average molecular weight is 207 g/mol. The van der Waals surface area contributed by atoms with Gasteiger partial charge in [-0.15, -0.1) is 11.3 Å². The van der Waals surface area contributed by atoms with Gasteiger partial charge >= 0.3 is 15.4 Å². The molecule has 1 aromatic rings. The molecule has 0 spiro atoms. The summed E-state index contributed by atoms with van der Waals surface area (Å²) in [6, 6.07) is 3.16. The van der Waals surface area contributed by atoms with Crippen molar-refractivity contribution in [3.63, 3.8) is 0 Å². The van der Waals surface area contributed by atoms with Crippen LogP contribution < -0.4 is 5.32 Å². The second-order valence-corrected chi connectivity index (χ2v) is 4.13. The molecule has 0 bridgehead atoms. The molecule has 0 aliphatic heterocycles. The third-order valence-corrected chi connectivity index (χ3v) is 2.34. The van der Waals surface area contributed by atoms with Gasteiger partial charge in [-0.05, 0) is 17.5 Å². The molecule has 1 rings (SSSR count). The van der Waals surface area contributed by atoms with E-state index in [2.05, 4.69) is 0 Å². The Balaban J connectivity index is 2.73. The first kappa shape index (κ1) is 9.17. The number of amides is 1. The summed E-state index contributed by atoms with van der Waals surface area (Å²) in [5.41, 5.74) is 0. The molecule has 0 fully saturated rings. The Morgan fingerprint density at radius 1 is 1.58 bits per heavy atom. The molecule has 7 heteroatoms. The first-order valence-corrected chi connectivity index (χ1v) is 5.14. The van der Waals surface area contributed by atoms with E-state index in [4.69, 9.17) is 4.55 Å². The van der Waals surface area contributed by atoms with Crippen LogP contribution in [0.4, 0.5) is 9.80 Å². The summed E-state index contributed by atoms with van der Waals surface area (Å²) in [5.74, 6) is 0. The molecule has 1 amide bonds. The molecule has 1 aromatic heterocycles. The quantitative estimate of drug-likeness (QED) is 0.677. The van der Waals surface area contributed by atoms with Gasteiger partial charge in [0.15, 0.2) is 0 Å². The molecule has 12 heavy (non-hydrogen) atoms. The van der Waals surface area contributed by atoms with Crippen molar-refractivity contribution in [2.24, 2.45) is 0 Å². The number of nitrogens with one attached hydrogen (secondary N) is 1. The Labute approximate surface area is 72.8 Å². The summed E-state index contributed by atoms with van der Waals surface area (Å²) in [6.45, 7) is 0. The first-order valence-electron chi connectivity index (χ1n) is 2.82. The van der Waals surface area contributed by atoms with E-state index in [1.165, 1.54) is 6.07 Å². The van der Waals surface area contributed by atoms with Gasteiger partial charge in [-0.25, -0.2) is 0 Å². The highest BCUT2D eigenvalue weighted by Gasteiger charge is 2.17. The number of hydrogen-bond donors (Lipinski definition) is 2. The van der Waals surface area contributed by atoms with Crippen LogP contribution in [0, 0.1) is 0 Å². The zero-order chi connectivity index (χ0) is 9.19. The van der Waals surface area contributed by atoms with Crippen LogP contribution in [0.3, 0.4) is 0 Å². The summed E-state index contributed by atoms with van der Waals surface area (Å²) >= 11 is 1.16. The zero-order valence-corrected chi connectivity index (χ0v) is 7.35. The molecule has 0 saturated heterocycles. The van der Waals surface area contributed by atoms with Crippen molar-refractivity contribution in [3.8, 4) is 0 Å². The normalized spacial score (nSPS) is 11.1. The van der Waals surface area contributed by atoms with Crippen molar-refractivity contribution in [1.82, 2.24) is 0 Å². The van der Waals surface area contributed by atoms with Crippen molar-refractivity contribution in [1.29, 1.82) is 0 Å². The fraction of sp³-hybridized carbons (Fsp3) is 0. The Bertz CT molecular complexity index is 366. The number of carbonyl (C=O) groups is 1. The summed E-state index contributed by atoms with van der Waals surface area (Å²) in [4.78, 5) is 10.6. The van der Waals surface area contributed by atoms with Crippen LogP contribution in [0.15, 0.2) is 17.5 Å². The van der Waals surface area contributed by atoms with E-state index in [-0.39, 0.29) is 0 Å². The molecule has 2 N–H and O–H groups in total. The molecule has 1 heterocycles. The molecule has 0 atom stereocenters. The minimum absolute atomic E-state index is 0.373. The standard InChI is InChI=1S/C5H5NO4S2/c7-5(12(8,9)10)6-4-2-1-3-11-4/h1-3H,(H,6,7)(H,8,9,10). The van der Waals surface area contributed by atoms with Crippen LogP contribution >= 0.6 is 11.3 Å². The fourth-order valence-electron chi connectivity index (χ4n) is 0.515.